The average molecular weight is 316 g/mol. The fraction of sp³-hybridized carbons (Fsp3) is 0.250. The number of halogens is 1. The highest BCUT2D eigenvalue weighted by atomic mass is 19.1. The molecule has 0 aliphatic carbocycles. The summed E-state index contributed by atoms with van der Waals surface area (Å²) in [5.41, 5.74) is 1.94. The molecule has 0 aliphatic heterocycles. The van der Waals surface area contributed by atoms with Gasteiger partial charge in [0.05, 0.1) is 11.4 Å². The van der Waals surface area contributed by atoms with Crippen LogP contribution < -0.4 is 10.6 Å². The predicted octanol–water partition coefficient (Wildman–Crippen LogP) is 2.15. The van der Waals surface area contributed by atoms with Gasteiger partial charge in [-0.15, -0.1) is 0 Å². The number of anilines is 1. The Morgan fingerprint density at radius 2 is 1.57 bits per heavy atom. The van der Waals surface area contributed by atoms with Gasteiger partial charge in [-0.1, -0.05) is 6.07 Å². The van der Waals surface area contributed by atoms with Gasteiger partial charge in [0.2, 0.25) is 0 Å². The maximum absolute atomic E-state index is 13.3. The van der Waals surface area contributed by atoms with E-state index in [1.54, 1.807) is 26.8 Å². The van der Waals surface area contributed by atoms with Crippen molar-refractivity contribution >= 4 is 17.5 Å². The Labute approximate surface area is 133 Å². The van der Waals surface area contributed by atoms with Gasteiger partial charge in [-0.2, -0.15) is 0 Å². The van der Waals surface area contributed by atoms with Crippen molar-refractivity contribution in [3.63, 3.8) is 0 Å². The molecule has 2 rings (SSSR count). The van der Waals surface area contributed by atoms with E-state index in [0.29, 0.717) is 22.6 Å². The van der Waals surface area contributed by atoms with Gasteiger partial charge >= 0.3 is 0 Å². The third kappa shape index (κ3) is 3.50. The van der Waals surface area contributed by atoms with Crippen LogP contribution in [0.3, 0.4) is 0 Å². The Morgan fingerprint density at radius 3 is 2.13 bits per heavy atom. The van der Waals surface area contributed by atoms with E-state index >= 15 is 0 Å². The van der Waals surface area contributed by atoms with Gasteiger partial charge < -0.3 is 10.6 Å². The van der Waals surface area contributed by atoms with Crippen molar-refractivity contribution < 1.29 is 14.0 Å². The number of amides is 2. The van der Waals surface area contributed by atoms with Crippen molar-refractivity contribution in [2.45, 2.75) is 20.8 Å². The van der Waals surface area contributed by atoms with Gasteiger partial charge in [0.1, 0.15) is 5.82 Å². The fourth-order valence-corrected chi connectivity index (χ4v) is 1.95. The summed E-state index contributed by atoms with van der Waals surface area (Å²) in [6.07, 6.45) is 0. The number of nitrogens with one attached hydrogen (secondary N) is 2. The van der Waals surface area contributed by atoms with Crippen LogP contribution in [0.15, 0.2) is 18.2 Å². The molecule has 0 bridgehead atoms. The van der Waals surface area contributed by atoms with E-state index in [4.69, 9.17) is 0 Å². The van der Waals surface area contributed by atoms with Gasteiger partial charge in [-0.3, -0.25) is 9.59 Å². The molecule has 1 aromatic carbocycles. The molecular formula is C16H17FN4O2. The van der Waals surface area contributed by atoms with Gasteiger partial charge in [-0.05, 0) is 38.5 Å². The second-order valence-electron chi connectivity index (χ2n) is 5.08. The molecule has 120 valence electrons. The van der Waals surface area contributed by atoms with Crippen LogP contribution in [0, 0.1) is 26.6 Å². The van der Waals surface area contributed by atoms with Crippen LogP contribution in [0.25, 0.3) is 0 Å². The SMILES string of the molecule is CNC(=O)c1nc(C)c(C)nc1C(=O)Nc1cc(F)ccc1C. The van der Waals surface area contributed by atoms with Gasteiger partial charge in [0, 0.05) is 12.7 Å². The second kappa shape index (κ2) is 6.51. The van der Waals surface area contributed by atoms with Crippen molar-refractivity contribution in [3.05, 3.63) is 52.4 Å². The normalized spacial score (nSPS) is 10.3. The minimum atomic E-state index is -0.618. The first kappa shape index (κ1) is 16.5. The predicted molar refractivity (Wildman–Crippen MR) is 84.0 cm³/mol. The quantitative estimate of drug-likeness (QED) is 0.909. The summed E-state index contributed by atoms with van der Waals surface area (Å²) in [5, 5.41) is 5.00. The zero-order valence-electron chi connectivity index (χ0n) is 13.3. The third-order valence-electron chi connectivity index (χ3n) is 3.41. The van der Waals surface area contributed by atoms with Crippen LogP contribution in [0.4, 0.5) is 10.1 Å². The van der Waals surface area contributed by atoms with E-state index in [1.807, 2.05) is 0 Å². The van der Waals surface area contributed by atoms with Crippen LogP contribution >= 0.6 is 0 Å². The third-order valence-corrected chi connectivity index (χ3v) is 3.41. The molecule has 1 aromatic heterocycles. The zero-order chi connectivity index (χ0) is 17.1. The highest BCUT2D eigenvalue weighted by Crippen LogP contribution is 2.18. The number of carbonyl (C=O) groups excluding carboxylic acids is 2. The smallest absolute Gasteiger partial charge is 0.276 e. The molecule has 0 spiro atoms. The number of rotatable bonds is 3. The lowest BCUT2D eigenvalue weighted by molar-refractivity contribution is 0.0941. The summed E-state index contributed by atoms with van der Waals surface area (Å²) >= 11 is 0. The fourth-order valence-electron chi connectivity index (χ4n) is 1.95. The summed E-state index contributed by atoms with van der Waals surface area (Å²) in [7, 11) is 1.44. The molecule has 6 nitrogen and oxygen atoms in total. The maximum atomic E-state index is 13.3. The number of benzene rings is 1. The molecular weight excluding hydrogens is 299 g/mol. The summed E-state index contributed by atoms with van der Waals surface area (Å²) in [4.78, 5) is 32.7. The number of carbonyl (C=O) groups is 2. The van der Waals surface area contributed by atoms with Crippen LogP contribution in [-0.2, 0) is 0 Å². The molecule has 0 radical (unpaired) electrons. The summed E-state index contributed by atoms with van der Waals surface area (Å²) in [5.74, 6) is -1.60. The molecule has 2 amide bonds. The monoisotopic (exact) mass is 316 g/mol. The number of hydrogen-bond donors (Lipinski definition) is 2. The summed E-state index contributed by atoms with van der Waals surface area (Å²) in [6, 6.07) is 4.06. The molecule has 0 unspecified atom stereocenters. The van der Waals surface area contributed by atoms with E-state index in [9.17, 15) is 14.0 Å². The molecule has 1 heterocycles. The number of aromatic nitrogens is 2. The van der Waals surface area contributed by atoms with Crippen molar-refractivity contribution in [1.29, 1.82) is 0 Å². The molecule has 0 aliphatic rings. The van der Waals surface area contributed by atoms with Crippen molar-refractivity contribution in [3.8, 4) is 0 Å². The number of aryl methyl sites for hydroxylation is 3. The first-order valence-electron chi connectivity index (χ1n) is 6.98. The minimum absolute atomic E-state index is 0.0674. The molecule has 2 aromatic rings. The van der Waals surface area contributed by atoms with E-state index in [2.05, 4.69) is 20.6 Å². The average Bonchev–Trinajstić information content (AvgIpc) is 2.52. The molecule has 0 atom stereocenters. The molecule has 0 fully saturated rings. The lowest BCUT2D eigenvalue weighted by atomic mass is 10.1. The highest BCUT2D eigenvalue weighted by Gasteiger charge is 2.22. The standard InChI is InChI=1S/C16H17FN4O2/c1-8-5-6-11(17)7-12(8)21-16(23)14-13(15(22)18-4)19-9(2)10(3)20-14/h5-7H,1-4H3,(H,18,22)(H,21,23). The van der Waals surface area contributed by atoms with Gasteiger partial charge in [0.25, 0.3) is 11.8 Å². The first-order valence-corrected chi connectivity index (χ1v) is 6.98. The lowest BCUT2D eigenvalue weighted by Crippen LogP contribution is -2.27. The highest BCUT2D eigenvalue weighted by molar-refractivity contribution is 6.10. The first-order chi connectivity index (χ1) is 10.8. The Hall–Kier alpha value is -2.83. The van der Waals surface area contributed by atoms with E-state index in [1.165, 1.54) is 19.2 Å². The lowest BCUT2D eigenvalue weighted by Gasteiger charge is -2.12. The largest absolute Gasteiger partial charge is 0.354 e. The molecule has 23 heavy (non-hydrogen) atoms. The maximum Gasteiger partial charge on any atom is 0.276 e. The Kier molecular flexibility index (Phi) is 4.68. The molecule has 2 N–H and O–H groups in total. The van der Waals surface area contributed by atoms with E-state index in [0.717, 1.165) is 0 Å². The minimum Gasteiger partial charge on any atom is -0.354 e. The Bertz CT molecular complexity index is 790. The van der Waals surface area contributed by atoms with Crippen LogP contribution in [0.2, 0.25) is 0 Å². The van der Waals surface area contributed by atoms with Crippen molar-refractivity contribution in [2.75, 3.05) is 12.4 Å². The summed E-state index contributed by atoms with van der Waals surface area (Å²) in [6.45, 7) is 5.13. The second-order valence-corrected chi connectivity index (χ2v) is 5.08. The van der Waals surface area contributed by atoms with E-state index in [-0.39, 0.29) is 11.4 Å². The van der Waals surface area contributed by atoms with Crippen molar-refractivity contribution in [1.82, 2.24) is 15.3 Å². The van der Waals surface area contributed by atoms with Crippen LogP contribution in [0.1, 0.15) is 37.9 Å². The van der Waals surface area contributed by atoms with Crippen LogP contribution in [0.5, 0.6) is 0 Å². The topological polar surface area (TPSA) is 84.0 Å². The Morgan fingerprint density at radius 1 is 1.00 bits per heavy atom. The van der Waals surface area contributed by atoms with E-state index < -0.39 is 17.6 Å². The van der Waals surface area contributed by atoms with Crippen molar-refractivity contribution in [2.24, 2.45) is 0 Å². The van der Waals surface area contributed by atoms with Gasteiger partial charge in [-0.25, -0.2) is 14.4 Å². The number of nitrogens with zero attached hydrogens (tertiary/aromatic N) is 2. The molecule has 0 saturated carbocycles. The van der Waals surface area contributed by atoms with Gasteiger partial charge in [0.15, 0.2) is 11.4 Å². The Balaban J connectivity index is 2.44. The van der Waals surface area contributed by atoms with Crippen LogP contribution in [-0.4, -0.2) is 28.8 Å². The molecule has 0 saturated heterocycles. The summed E-state index contributed by atoms with van der Waals surface area (Å²) < 4.78 is 13.3. The zero-order valence-corrected chi connectivity index (χ0v) is 13.3. The molecule has 7 heteroatoms. The number of hydrogen-bond acceptors (Lipinski definition) is 4.